The van der Waals surface area contributed by atoms with E-state index in [-0.39, 0.29) is 13.1 Å². The quantitative estimate of drug-likeness (QED) is 0.486. The van der Waals surface area contributed by atoms with Gasteiger partial charge in [0.05, 0.1) is 17.8 Å². The van der Waals surface area contributed by atoms with Gasteiger partial charge in [-0.1, -0.05) is 30.3 Å². The number of nitrogens with one attached hydrogen (secondary N) is 3. The highest BCUT2D eigenvalue weighted by Gasteiger charge is 2.27. The zero-order chi connectivity index (χ0) is 22.1. The number of hydrogen-bond donors (Lipinski definition) is 3. The Morgan fingerprint density at radius 1 is 0.969 bits per heavy atom. The summed E-state index contributed by atoms with van der Waals surface area (Å²) in [7, 11) is -3.99. The summed E-state index contributed by atoms with van der Waals surface area (Å²) in [6.45, 7) is 1.55. The summed E-state index contributed by atoms with van der Waals surface area (Å²) in [5.74, 6) is 0.442. The normalized spacial score (nSPS) is 19.2. The van der Waals surface area contributed by atoms with E-state index in [1.54, 1.807) is 0 Å². The van der Waals surface area contributed by atoms with Gasteiger partial charge in [0.15, 0.2) is 0 Å². The molecule has 2 aliphatic rings. The van der Waals surface area contributed by atoms with Crippen molar-refractivity contribution in [1.82, 2.24) is 19.3 Å². The molecule has 0 bridgehead atoms. The Labute approximate surface area is 186 Å². The van der Waals surface area contributed by atoms with Crippen molar-refractivity contribution in [3.63, 3.8) is 0 Å². The molecule has 3 aromatic rings. The van der Waals surface area contributed by atoms with Crippen molar-refractivity contribution in [3.8, 4) is 17.0 Å². The van der Waals surface area contributed by atoms with Gasteiger partial charge in [-0.05, 0) is 37.2 Å². The summed E-state index contributed by atoms with van der Waals surface area (Å²) in [4.78, 5) is 13.2. The fourth-order valence-electron chi connectivity index (χ4n) is 4.20. The van der Waals surface area contributed by atoms with E-state index in [2.05, 4.69) is 25.4 Å². The number of nitrogens with zero attached hydrogens (tertiary/aromatic N) is 1. The SMILES string of the molecule is O=C1NS(=O)(=O)NCCNCCCC2=C1Cn1c(cc3ccccc31)-c1ccccc1O2. The Morgan fingerprint density at radius 2 is 1.78 bits per heavy atom. The first-order chi connectivity index (χ1) is 15.5. The summed E-state index contributed by atoms with van der Waals surface area (Å²) in [6.07, 6.45) is 1.26. The van der Waals surface area contributed by atoms with Crippen LogP contribution < -0.4 is 19.5 Å². The number of ether oxygens (including phenoxy) is 1. The van der Waals surface area contributed by atoms with Crippen molar-refractivity contribution in [2.45, 2.75) is 19.4 Å². The van der Waals surface area contributed by atoms with Gasteiger partial charge in [-0.15, -0.1) is 0 Å². The summed E-state index contributed by atoms with van der Waals surface area (Å²) in [6, 6.07) is 17.7. The van der Waals surface area contributed by atoms with Gasteiger partial charge >= 0.3 is 10.2 Å². The first kappa shape index (κ1) is 20.7. The molecular formula is C23H24N4O4S. The van der Waals surface area contributed by atoms with Crippen LogP contribution in [0.15, 0.2) is 65.9 Å². The molecule has 3 heterocycles. The van der Waals surface area contributed by atoms with Crippen LogP contribution in [0, 0.1) is 0 Å². The Kier molecular flexibility index (Phi) is 5.46. The highest BCUT2D eigenvalue weighted by molar-refractivity contribution is 7.88. The molecule has 0 saturated carbocycles. The molecule has 9 heteroatoms. The third kappa shape index (κ3) is 4.02. The zero-order valence-electron chi connectivity index (χ0n) is 17.4. The second-order valence-corrected chi connectivity index (χ2v) is 9.36. The molecule has 0 fully saturated rings. The number of allylic oxidation sites excluding steroid dienone is 1. The number of para-hydroxylation sites is 2. The molecule has 2 aromatic carbocycles. The molecule has 1 amide bonds. The number of rotatable bonds is 0. The molecule has 0 radical (unpaired) electrons. The average molecular weight is 453 g/mol. The summed E-state index contributed by atoms with van der Waals surface area (Å²) in [5, 5.41) is 4.24. The average Bonchev–Trinajstić information content (AvgIpc) is 3.12. The summed E-state index contributed by atoms with van der Waals surface area (Å²) in [5.41, 5.74) is 3.10. The van der Waals surface area contributed by atoms with Crippen LogP contribution in [-0.2, 0) is 21.5 Å². The predicted molar refractivity (Wildman–Crippen MR) is 122 cm³/mol. The van der Waals surface area contributed by atoms with E-state index < -0.39 is 16.1 Å². The molecule has 0 spiro atoms. The number of fused-ring (bicyclic) bond motifs is 5. The molecule has 8 nitrogen and oxygen atoms in total. The number of benzene rings is 2. The highest BCUT2D eigenvalue weighted by Crippen LogP contribution is 2.38. The van der Waals surface area contributed by atoms with E-state index >= 15 is 0 Å². The van der Waals surface area contributed by atoms with Crippen LogP contribution in [0.25, 0.3) is 22.2 Å². The molecule has 1 aromatic heterocycles. The molecule has 0 unspecified atom stereocenters. The topological polar surface area (TPSA) is 101 Å². The lowest BCUT2D eigenvalue weighted by Crippen LogP contribution is -2.44. The largest absolute Gasteiger partial charge is 0.460 e. The van der Waals surface area contributed by atoms with Crippen molar-refractivity contribution in [1.29, 1.82) is 0 Å². The van der Waals surface area contributed by atoms with Gasteiger partial charge < -0.3 is 14.6 Å². The summed E-state index contributed by atoms with van der Waals surface area (Å²) < 4.78 is 37.7. The molecule has 2 aliphatic heterocycles. The number of hydrogen-bond acceptors (Lipinski definition) is 5. The Balaban J connectivity index is 1.70. The number of carbonyl (C=O) groups excluding carboxylic acids is 1. The van der Waals surface area contributed by atoms with Crippen LogP contribution in [0.2, 0.25) is 0 Å². The Bertz CT molecular complexity index is 1330. The van der Waals surface area contributed by atoms with Crippen LogP contribution in [0.1, 0.15) is 12.8 Å². The second kappa shape index (κ2) is 8.42. The van der Waals surface area contributed by atoms with E-state index in [4.69, 9.17) is 4.74 Å². The predicted octanol–water partition coefficient (Wildman–Crippen LogP) is 2.29. The van der Waals surface area contributed by atoms with E-state index in [0.717, 1.165) is 28.6 Å². The van der Waals surface area contributed by atoms with Gasteiger partial charge in [-0.3, -0.25) is 4.79 Å². The third-order valence-electron chi connectivity index (χ3n) is 5.71. The smallest absolute Gasteiger partial charge is 0.301 e. The van der Waals surface area contributed by atoms with Gasteiger partial charge in [0.1, 0.15) is 11.5 Å². The first-order valence-corrected chi connectivity index (χ1v) is 12.1. The minimum atomic E-state index is -3.99. The lowest BCUT2D eigenvalue weighted by molar-refractivity contribution is -0.116. The fraction of sp³-hybridized carbons (Fsp3) is 0.261. The molecular weight excluding hydrogens is 428 g/mol. The lowest BCUT2D eigenvalue weighted by Gasteiger charge is -2.24. The van der Waals surface area contributed by atoms with E-state index in [1.165, 1.54) is 0 Å². The third-order valence-corrected chi connectivity index (χ3v) is 6.75. The van der Waals surface area contributed by atoms with E-state index in [1.807, 2.05) is 48.5 Å². The van der Waals surface area contributed by atoms with Crippen molar-refractivity contribution >= 4 is 27.0 Å². The van der Waals surface area contributed by atoms with Crippen molar-refractivity contribution in [2.24, 2.45) is 0 Å². The standard InChI is InChI=1S/C23H24N4O4S/c28-23-18-15-27-19-8-3-1-6-16(19)14-20(27)17-7-2-4-9-21(17)31-22(18)10-5-11-24-12-13-25-32(29,30)26-23/h1-4,6-9,14,24-25H,5,10-13,15H2,(H,26,28). The molecule has 166 valence electrons. The monoisotopic (exact) mass is 452 g/mol. The van der Waals surface area contributed by atoms with Crippen LogP contribution >= 0.6 is 0 Å². The maximum Gasteiger partial charge on any atom is 0.301 e. The van der Waals surface area contributed by atoms with Gasteiger partial charge in [-0.2, -0.15) is 13.1 Å². The maximum atomic E-state index is 13.2. The van der Waals surface area contributed by atoms with Crippen LogP contribution in [0.3, 0.4) is 0 Å². The van der Waals surface area contributed by atoms with E-state index in [0.29, 0.717) is 36.6 Å². The zero-order valence-corrected chi connectivity index (χ0v) is 18.2. The van der Waals surface area contributed by atoms with Crippen LogP contribution in [-0.4, -0.2) is 38.5 Å². The Morgan fingerprint density at radius 3 is 2.69 bits per heavy atom. The van der Waals surface area contributed by atoms with E-state index in [9.17, 15) is 13.2 Å². The molecule has 32 heavy (non-hydrogen) atoms. The molecule has 0 atom stereocenters. The fourth-order valence-corrected chi connectivity index (χ4v) is 5.01. The second-order valence-electron chi connectivity index (χ2n) is 7.86. The first-order valence-electron chi connectivity index (χ1n) is 10.6. The van der Waals surface area contributed by atoms with Crippen LogP contribution in [0.4, 0.5) is 0 Å². The van der Waals surface area contributed by atoms with Gasteiger partial charge in [0.25, 0.3) is 5.91 Å². The number of aromatic nitrogens is 1. The minimum absolute atomic E-state index is 0.196. The van der Waals surface area contributed by atoms with Gasteiger partial charge in [0.2, 0.25) is 0 Å². The number of carbonyl (C=O) groups is 1. The van der Waals surface area contributed by atoms with Gasteiger partial charge in [0, 0.05) is 36.0 Å². The lowest BCUT2D eigenvalue weighted by atomic mass is 10.1. The minimum Gasteiger partial charge on any atom is -0.460 e. The highest BCUT2D eigenvalue weighted by atomic mass is 32.2. The van der Waals surface area contributed by atoms with Crippen molar-refractivity contribution in [2.75, 3.05) is 19.6 Å². The molecule has 0 aliphatic carbocycles. The molecule has 3 N–H and O–H groups in total. The maximum absolute atomic E-state index is 13.2. The van der Waals surface area contributed by atoms with Crippen molar-refractivity contribution < 1.29 is 17.9 Å². The molecule has 5 rings (SSSR count). The number of amides is 1. The summed E-state index contributed by atoms with van der Waals surface area (Å²) >= 11 is 0. The van der Waals surface area contributed by atoms with Crippen LogP contribution in [0.5, 0.6) is 5.75 Å². The van der Waals surface area contributed by atoms with Crippen molar-refractivity contribution in [3.05, 3.63) is 65.9 Å². The van der Waals surface area contributed by atoms with Gasteiger partial charge in [-0.25, -0.2) is 4.72 Å². The molecule has 0 saturated heterocycles. The Hall–Kier alpha value is -3.14.